The van der Waals surface area contributed by atoms with Crippen molar-refractivity contribution < 1.29 is 9.90 Å². The predicted molar refractivity (Wildman–Crippen MR) is 86.6 cm³/mol. The van der Waals surface area contributed by atoms with Crippen LogP contribution in [0.4, 0.5) is 0 Å². The topological polar surface area (TPSA) is 100 Å². The molecule has 3 rings (SSSR count). The van der Waals surface area contributed by atoms with Gasteiger partial charge < -0.3 is 10.4 Å². The zero-order chi connectivity index (χ0) is 16.6. The fourth-order valence-electron chi connectivity index (χ4n) is 2.70. The maximum absolute atomic E-state index is 12.5. The molecule has 23 heavy (non-hydrogen) atoms. The maximum Gasteiger partial charge on any atom is 0.274 e. The van der Waals surface area contributed by atoms with Crippen LogP contribution in [0.3, 0.4) is 0 Å². The number of hydrogen-bond acceptors (Lipinski definition) is 4. The van der Waals surface area contributed by atoms with E-state index in [-0.39, 0.29) is 11.5 Å². The Morgan fingerprint density at radius 3 is 2.96 bits per heavy atom. The summed E-state index contributed by atoms with van der Waals surface area (Å²) in [7, 11) is 1.71. The van der Waals surface area contributed by atoms with E-state index in [0.717, 1.165) is 18.5 Å². The van der Waals surface area contributed by atoms with Gasteiger partial charge in [0.15, 0.2) is 5.65 Å². The summed E-state index contributed by atoms with van der Waals surface area (Å²) in [5, 5.41) is 15.3. The average molecular weight is 318 g/mol. The highest BCUT2D eigenvalue weighted by Crippen LogP contribution is 2.39. The molecule has 2 aromatic heterocycles. The Morgan fingerprint density at radius 1 is 1.57 bits per heavy atom. The van der Waals surface area contributed by atoms with Crippen LogP contribution in [0.25, 0.3) is 11.0 Å². The first-order valence-electron chi connectivity index (χ1n) is 8.07. The Morgan fingerprint density at radius 2 is 2.30 bits per heavy atom. The summed E-state index contributed by atoms with van der Waals surface area (Å²) in [5.41, 5.74) is 1.44. The Bertz CT molecular complexity index is 788. The number of nitrogens with one attached hydrogen (secondary N) is 2. The second-order valence-corrected chi connectivity index (χ2v) is 6.17. The number of nitrogens with zero attached hydrogens (tertiary/aromatic N) is 2. The largest absolute Gasteiger partial charge is 0.393 e. The third-order valence-corrected chi connectivity index (χ3v) is 4.31. The first-order valence-corrected chi connectivity index (χ1v) is 8.07. The molecule has 7 heteroatoms. The molecule has 1 aliphatic rings. The van der Waals surface area contributed by atoms with E-state index >= 15 is 0 Å². The molecule has 7 nitrogen and oxygen atoms in total. The van der Waals surface area contributed by atoms with Crippen LogP contribution < -0.4 is 10.9 Å². The molecule has 0 aliphatic heterocycles. The van der Waals surface area contributed by atoms with E-state index in [1.807, 2.05) is 6.92 Å². The number of aliphatic hydroxyl groups is 1. The third kappa shape index (κ3) is 3.14. The van der Waals surface area contributed by atoms with Crippen LogP contribution in [0, 0.1) is 0 Å². The number of rotatable bonds is 6. The van der Waals surface area contributed by atoms with Crippen molar-refractivity contribution in [1.29, 1.82) is 0 Å². The van der Waals surface area contributed by atoms with Crippen molar-refractivity contribution in [3.63, 3.8) is 0 Å². The molecule has 3 N–H and O–H groups in total. The molecule has 1 unspecified atom stereocenters. The minimum atomic E-state index is -0.421. The van der Waals surface area contributed by atoms with Crippen LogP contribution in [-0.4, -0.2) is 38.4 Å². The molecule has 0 aromatic carbocycles. The van der Waals surface area contributed by atoms with Crippen molar-refractivity contribution in [2.24, 2.45) is 7.05 Å². The zero-order valence-electron chi connectivity index (χ0n) is 13.4. The van der Waals surface area contributed by atoms with Gasteiger partial charge in [0.05, 0.1) is 17.1 Å². The van der Waals surface area contributed by atoms with Crippen LogP contribution in [0.15, 0.2) is 10.9 Å². The second kappa shape index (κ2) is 6.16. The minimum absolute atomic E-state index is 0.292. The van der Waals surface area contributed by atoms with E-state index in [0.29, 0.717) is 41.9 Å². The number of amides is 1. The number of hydrogen-bond donors (Lipinski definition) is 3. The number of aliphatic hydroxyl groups excluding tert-OH is 1. The minimum Gasteiger partial charge on any atom is -0.393 e. The second-order valence-electron chi connectivity index (χ2n) is 6.17. The van der Waals surface area contributed by atoms with Gasteiger partial charge in [0.25, 0.3) is 11.5 Å². The molecule has 1 saturated carbocycles. The standard InChI is InChI=1S/C16H22N4O3/c1-3-10(21)6-7-17-15(22)11-8-12(9-4-5-9)18-14-13(11)16(23)19-20(14)2/h8-10,21H,3-7H2,1-2H3,(H,17,22)(H,19,23). The van der Waals surface area contributed by atoms with E-state index in [1.165, 1.54) is 0 Å². The number of aromatic nitrogens is 3. The van der Waals surface area contributed by atoms with E-state index in [1.54, 1.807) is 17.8 Å². The van der Waals surface area contributed by atoms with Gasteiger partial charge in [-0.3, -0.25) is 19.4 Å². The van der Waals surface area contributed by atoms with Crippen molar-refractivity contribution in [3.8, 4) is 0 Å². The Balaban J connectivity index is 1.92. The monoisotopic (exact) mass is 318 g/mol. The number of H-pyrrole nitrogens is 1. The molecular formula is C16H22N4O3. The van der Waals surface area contributed by atoms with Crippen LogP contribution in [-0.2, 0) is 7.05 Å². The lowest BCUT2D eigenvalue weighted by molar-refractivity contribution is 0.0943. The van der Waals surface area contributed by atoms with Crippen molar-refractivity contribution in [2.75, 3.05) is 6.54 Å². The SMILES string of the molecule is CCC(O)CCNC(=O)c1cc(C2CC2)nc2c1c(=O)[nH]n2C. The normalized spacial score (nSPS) is 15.8. The summed E-state index contributed by atoms with van der Waals surface area (Å²) in [6.07, 6.45) is 2.87. The van der Waals surface area contributed by atoms with E-state index in [2.05, 4.69) is 15.4 Å². The highest BCUT2D eigenvalue weighted by Gasteiger charge is 2.28. The molecule has 124 valence electrons. The van der Waals surface area contributed by atoms with Gasteiger partial charge in [-0.05, 0) is 31.7 Å². The van der Waals surface area contributed by atoms with Gasteiger partial charge in [-0.2, -0.15) is 0 Å². The molecule has 1 fully saturated rings. The molecule has 2 aromatic rings. The average Bonchev–Trinajstić information content (AvgIpc) is 3.33. The molecule has 2 heterocycles. The summed E-state index contributed by atoms with van der Waals surface area (Å²) in [5.74, 6) is 0.0946. The van der Waals surface area contributed by atoms with E-state index < -0.39 is 6.10 Å². The summed E-state index contributed by atoms with van der Waals surface area (Å²) in [6, 6.07) is 1.74. The number of carbonyl (C=O) groups is 1. The number of pyridine rings is 1. The summed E-state index contributed by atoms with van der Waals surface area (Å²) in [4.78, 5) is 29.2. The molecule has 1 aliphatic carbocycles. The first kappa shape index (κ1) is 15.7. The fraction of sp³-hybridized carbons (Fsp3) is 0.562. The lowest BCUT2D eigenvalue weighted by atomic mass is 10.1. The number of aryl methyl sites for hydroxylation is 1. The van der Waals surface area contributed by atoms with Crippen molar-refractivity contribution in [3.05, 3.63) is 27.7 Å². The zero-order valence-corrected chi connectivity index (χ0v) is 13.4. The lowest BCUT2D eigenvalue weighted by Crippen LogP contribution is -2.28. The fourth-order valence-corrected chi connectivity index (χ4v) is 2.70. The first-order chi connectivity index (χ1) is 11.0. The smallest absolute Gasteiger partial charge is 0.274 e. The quantitative estimate of drug-likeness (QED) is 0.740. The van der Waals surface area contributed by atoms with Gasteiger partial charge in [-0.15, -0.1) is 0 Å². The van der Waals surface area contributed by atoms with Gasteiger partial charge in [0, 0.05) is 25.2 Å². The molecular weight excluding hydrogens is 296 g/mol. The van der Waals surface area contributed by atoms with Crippen molar-refractivity contribution >= 4 is 16.9 Å². The number of fused-ring (bicyclic) bond motifs is 1. The highest BCUT2D eigenvalue weighted by molar-refractivity contribution is 6.05. The maximum atomic E-state index is 12.5. The van der Waals surface area contributed by atoms with Crippen molar-refractivity contribution in [1.82, 2.24) is 20.1 Å². The van der Waals surface area contributed by atoms with Gasteiger partial charge in [0.1, 0.15) is 0 Å². The summed E-state index contributed by atoms with van der Waals surface area (Å²) >= 11 is 0. The molecule has 0 bridgehead atoms. The summed E-state index contributed by atoms with van der Waals surface area (Å²) < 4.78 is 1.56. The van der Waals surface area contributed by atoms with Gasteiger partial charge in [-0.25, -0.2) is 4.98 Å². The van der Waals surface area contributed by atoms with Gasteiger partial charge >= 0.3 is 0 Å². The van der Waals surface area contributed by atoms with Crippen molar-refractivity contribution in [2.45, 2.75) is 44.6 Å². The molecule has 1 amide bonds. The van der Waals surface area contributed by atoms with Gasteiger partial charge in [0.2, 0.25) is 0 Å². The Hall–Kier alpha value is -2.15. The van der Waals surface area contributed by atoms with E-state index in [9.17, 15) is 14.7 Å². The third-order valence-electron chi connectivity index (χ3n) is 4.31. The Kier molecular flexibility index (Phi) is 4.21. The highest BCUT2D eigenvalue weighted by atomic mass is 16.3. The van der Waals surface area contributed by atoms with Crippen LogP contribution >= 0.6 is 0 Å². The number of aromatic amines is 1. The molecule has 0 radical (unpaired) electrons. The Labute approximate surface area is 133 Å². The van der Waals surface area contributed by atoms with Crippen LogP contribution in [0.5, 0.6) is 0 Å². The predicted octanol–water partition coefficient (Wildman–Crippen LogP) is 1.03. The molecule has 0 spiro atoms. The number of carbonyl (C=O) groups excluding carboxylic acids is 1. The van der Waals surface area contributed by atoms with Crippen LogP contribution in [0.2, 0.25) is 0 Å². The lowest BCUT2D eigenvalue weighted by Gasteiger charge is -2.10. The molecule has 0 saturated heterocycles. The molecule has 1 atom stereocenters. The van der Waals surface area contributed by atoms with E-state index in [4.69, 9.17) is 0 Å². The van der Waals surface area contributed by atoms with Gasteiger partial charge in [-0.1, -0.05) is 6.92 Å². The van der Waals surface area contributed by atoms with Crippen LogP contribution in [0.1, 0.15) is 54.6 Å². The summed E-state index contributed by atoms with van der Waals surface area (Å²) in [6.45, 7) is 2.27.